The highest BCUT2D eigenvalue weighted by atomic mass is 15.1. The maximum Gasteiger partial charge on any atom is 0.125 e. The average molecular weight is 255 g/mol. The van der Waals surface area contributed by atoms with Gasteiger partial charge in [0.05, 0.1) is 0 Å². The Bertz CT molecular complexity index is 520. The molecule has 0 spiro atoms. The van der Waals surface area contributed by atoms with Crippen LogP contribution in [0.5, 0.6) is 0 Å². The molecule has 3 heteroatoms. The molecule has 0 saturated carbocycles. The zero-order valence-corrected chi connectivity index (χ0v) is 11.9. The molecule has 0 bridgehead atoms. The second kappa shape index (κ2) is 6.34. The molecule has 0 radical (unpaired) electrons. The van der Waals surface area contributed by atoms with Crippen molar-refractivity contribution >= 4 is 5.82 Å². The summed E-state index contributed by atoms with van der Waals surface area (Å²) in [5.74, 6) is 0.908. The van der Waals surface area contributed by atoms with Gasteiger partial charge < -0.3 is 5.32 Å². The standard InChI is InChI=1S/C16H21N3/c1-13-6-4-5-7-15(13)12-19(3)11-14-8-9-16(17-2)18-10-14/h4-10H,11-12H2,1-3H3,(H,17,18). The summed E-state index contributed by atoms with van der Waals surface area (Å²) >= 11 is 0. The van der Waals surface area contributed by atoms with Crippen LogP contribution in [0.2, 0.25) is 0 Å². The van der Waals surface area contributed by atoms with Crippen LogP contribution >= 0.6 is 0 Å². The van der Waals surface area contributed by atoms with E-state index in [1.165, 1.54) is 16.7 Å². The van der Waals surface area contributed by atoms with E-state index >= 15 is 0 Å². The van der Waals surface area contributed by atoms with Crippen LogP contribution in [-0.2, 0) is 13.1 Å². The highest BCUT2D eigenvalue weighted by molar-refractivity contribution is 5.34. The van der Waals surface area contributed by atoms with Crippen molar-refractivity contribution in [2.45, 2.75) is 20.0 Å². The van der Waals surface area contributed by atoms with Gasteiger partial charge in [-0.1, -0.05) is 30.3 Å². The van der Waals surface area contributed by atoms with Crippen LogP contribution in [0.3, 0.4) is 0 Å². The first-order chi connectivity index (χ1) is 9.19. The molecule has 0 fully saturated rings. The molecule has 3 nitrogen and oxygen atoms in total. The van der Waals surface area contributed by atoms with Crippen molar-refractivity contribution in [3.8, 4) is 0 Å². The number of nitrogens with zero attached hydrogens (tertiary/aromatic N) is 2. The molecular weight excluding hydrogens is 234 g/mol. The van der Waals surface area contributed by atoms with E-state index in [4.69, 9.17) is 0 Å². The van der Waals surface area contributed by atoms with Crippen molar-refractivity contribution < 1.29 is 0 Å². The van der Waals surface area contributed by atoms with Crippen LogP contribution in [-0.4, -0.2) is 24.0 Å². The lowest BCUT2D eigenvalue weighted by atomic mass is 10.1. The van der Waals surface area contributed by atoms with Crippen LogP contribution in [0.25, 0.3) is 0 Å². The number of hydrogen-bond donors (Lipinski definition) is 1. The third-order valence-corrected chi connectivity index (χ3v) is 3.23. The van der Waals surface area contributed by atoms with Crippen molar-refractivity contribution in [1.82, 2.24) is 9.88 Å². The van der Waals surface area contributed by atoms with Crippen LogP contribution < -0.4 is 5.32 Å². The fraction of sp³-hybridized carbons (Fsp3) is 0.312. The highest BCUT2D eigenvalue weighted by Crippen LogP contribution is 2.12. The zero-order valence-electron chi connectivity index (χ0n) is 11.9. The van der Waals surface area contributed by atoms with Crippen molar-refractivity contribution in [1.29, 1.82) is 0 Å². The highest BCUT2D eigenvalue weighted by Gasteiger charge is 2.04. The van der Waals surface area contributed by atoms with E-state index in [0.29, 0.717) is 0 Å². The number of pyridine rings is 1. The van der Waals surface area contributed by atoms with Gasteiger partial charge >= 0.3 is 0 Å². The first-order valence-corrected chi connectivity index (χ1v) is 6.55. The number of aromatic nitrogens is 1. The third kappa shape index (κ3) is 3.80. The quantitative estimate of drug-likeness (QED) is 0.890. The normalized spacial score (nSPS) is 10.7. The number of rotatable bonds is 5. The van der Waals surface area contributed by atoms with Gasteiger partial charge in [-0.25, -0.2) is 4.98 Å². The fourth-order valence-corrected chi connectivity index (χ4v) is 2.11. The molecule has 19 heavy (non-hydrogen) atoms. The van der Waals surface area contributed by atoms with Crippen molar-refractivity contribution in [3.63, 3.8) is 0 Å². The molecule has 100 valence electrons. The SMILES string of the molecule is CNc1ccc(CN(C)Cc2ccccc2C)cn1. The summed E-state index contributed by atoms with van der Waals surface area (Å²) in [5.41, 5.74) is 3.96. The molecular formula is C16H21N3. The first-order valence-electron chi connectivity index (χ1n) is 6.55. The Morgan fingerprint density at radius 1 is 1.11 bits per heavy atom. The van der Waals surface area contributed by atoms with Gasteiger partial charge in [-0.3, -0.25) is 4.90 Å². The van der Waals surface area contributed by atoms with Crippen LogP contribution in [0.15, 0.2) is 42.6 Å². The smallest absolute Gasteiger partial charge is 0.125 e. The van der Waals surface area contributed by atoms with Crippen LogP contribution in [0.1, 0.15) is 16.7 Å². The molecule has 2 rings (SSSR count). The summed E-state index contributed by atoms with van der Waals surface area (Å²) in [6, 6.07) is 12.7. The largest absolute Gasteiger partial charge is 0.373 e. The number of aryl methyl sites for hydroxylation is 1. The monoisotopic (exact) mass is 255 g/mol. The molecule has 1 aromatic heterocycles. The summed E-state index contributed by atoms with van der Waals surface area (Å²) < 4.78 is 0. The van der Waals surface area contributed by atoms with Crippen molar-refractivity contribution in [3.05, 3.63) is 59.3 Å². The minimum absolute atomic E-state index is 0.908. The Morgan fingerprint density at radius 3 is 2.53 bits per heavy atom. The van der Waals surface area contributed by atoms with Crippen LogP contribution in [0.4, 0.5) is 5.82 Å². The van der Waals surface area contributed by atoms with E-state index in [1.54, 1.807) is 0 Å². The third-order valence-electron chi connectivity index (χ3n) is 3.23. The lowest BCUT2D eigenvalue weighted by molar-refractivity contribution is 0.318. The fourth-order valence-electron chi connectivity index (χ4n) is 2.11. The van der Waals surface area contributed by atoms with E-state index in [2.05, 4.69) is 59.5 Å². The summed E-state index contributed by atoms with van der Waals surface area (Å²) in [4.78, 5) is 6.64. The molecule has 2 aromatic rings. The van der Waals surface area contributed by atoms with Crippen LogP contribution in [0, 0.1) is 6.92 Å². The second-order valence-corrected chi connectivity index (χ2v) is 4.90. The number of benzene rings is 1. The Labute approximate surface area is 115 Å². The molecule has 1 heterocycles. The molecule has 0 aliphatic heterocycles. The topological polar surface area (TPSA) is 28.2 Å². The van der Waals surface area contributed by atoms with E-state index in [-0.39, 0.29) is 0 Å². The summed E-state index contributed by atoms with van der Waals surface area (Å²) in [7, 11) is 4.02. The molecule has 0 atom stereocenters. The van der Waals surface area contributed by atoms with Crippen molar-refractivity contribution in [2.24, 2.45) is 0 Å². The van der Waals surface area contributed by atoms with Gasteiger partial charge in [0.1, 0.15) is 5.82 Å². The van der Waals surface area contributed by atoms with Gasteiger partial charge in [0.25, 0.3) is 0 Å². The van der Waals surface area contributed by atoms with Gasteiger partial charge in [0.2, 0.25) is 0 Å². The molecule has 1 aromatic carbocycles. The maximum atomic E-state index is 4.34. The summed E-state index contributed by atoms with van der Waals surface area (Å²) in [5, 5.41) is 3.03. The number of anilines is 1. The Balaban J connectivity index is 1.97. The molecule has 0 aliphatic carbocycles. The maximum absolute atomic E-state index is 4.34. The number of nitrogens with one attached hydrogen (secondary N) is 1. The van der Waals surface area contributed by atoms with E-state index in [0.717, 1.165) is 18.9 Å². The van der Waals surface area contributed by atoms with Gasteiger partial charge in [-0.2, -0.15) is 0 Å². The lowest BCUT2D eigenvalue weighted by Gasteiger charge is -2.18. The van der Waals surface area contributed by atoms with Gasteiger partial charge in [0, 0.05) is 26.3 Å². The average Bonchev–Trinajstić information content (AvgIpc) is 2.42. The molecule has 0 unspecified atom stereocenters. The van der Waals surface area contributed by atoms with E-state index in [9.17, 15) is 0 Å². The predicted octanol–water partition coefficient (Wildman–Crippen LogP) is 3.06. The minimum atomic E-state index is 0.908. The Morgan fingerprint density at radius 2 is 1.89 bits per heavy atom. The second-order valence-electron chi connectivity index (χ2n) is 4.90. The van der Waals surface area contributed by atoms with E-state index < -0.39 is 0 Å². The Kier molecular flexibility index (Phi) is 4.53. The van der Waals surface area contributed by atoms with Gasteiger partial charge in [-0.15, -0.1) is 0 Å². The first kappa shape index (κ1) is 13.6. The van der Waals surface area contributed by atoms with Gasteiger partial charge in [-0.05, 0) is 36.7 Å². The molecule has 0 amide bonds. The predicted molar refractivity (Wildman–Crippen MR) is 80.1 cm³/mol. The zero-order chi connectivity index (χ0) is 13.7. The van der Waals surface area contributed by atoms with Gasteiger partial charge in [0.15, 0.2) is 0 Å². The van der Waals surface area contributed by atoms with E-state index in [1.807, 2.05) is 19.3 Å². The molecule has 0 saturated heterocycles. The number of hydrogen-bond acceptors (Lipinski definition) is 3. The molecule has 0 aliphatic rings. The van der Waals surface area contributed by atoms with Crippen molar-refractivity contribution in [2.75, 3.05) is 19.4 Å². The summed E-state index contributed by atoms with van der Waals surface area (Å²) in [6.45, 7) is 4.03. The minimum Gasteiger partial charge on any atom is -0.373 e. The molecule has 1 N–H and O–H groups in total. The lowest BCUT2D eigenvalue weighted by Crippen LogP contribution is -2.18. The Hall–Kier alpha value is -1.87. The summed E-state index contributed by atoms with van der Waals surface area (Å²) in [6.07, 6.45) is 1.93.